The van der Waals surface area contributed by atoms with Gasteiger partial charge in [-0.3, -0.25) is 4.79 Å². The molecule has 0 saturated carbocycles. The molecule has 0 aliphatic rings. The van der Waals surface area contributed by atoms with Crippen molar-refractivity contribution in [1.29, 1.82) is 0 Å². The molecule has 0 aliphatic heterocycles. The lowest BCUT2D eigenvalue weighted by Gasteiger charge is -2.16. The number of para-hydroxylation sites is 1. The van der Waals surface area contributed by atoms with Crippen LogP contribution in [0.3, 0.4) is 0 Å². The zero-order valence-corrected chi connectivity index (χ0v) is 19.2. The van der Waals surface area contributed by atoms with E-state index in [4.69, 9.17) is 27.9 Å². The summed E-state index contributed by atoms with van der Waals surface area (Å²) >= 11 is 13.6. The smallest absolute Gasteiger partial charge is 0.234 e. The molecule has 1 N–H and O–H groups in total. The van der Waals surface area contributed by atoms with Crippen LogP contribution < -0.4 is 10.1 Å². The molecule has 0 radical (unpaired) electrons. The third-order valence-corrected chi connectivity index (χ3v) is 6.13. The maximum atomic E-state index is 12.4. The number of carbonyl (C=O) groups excluding carboxylic acids is 1. The van der Waals surface area contributed by atoms with Crippen LogP contribution in [0.4, 0.5) is 5.69 Å². The standard InChI is InChI=1S/C21H22Cl2N4O2S/c1-4-27-20(14(3)29-18-11-6-5-8-16(18)23)25-26-21(27)30-12-19(28)24-17-10-7-9-15(22)13(17)2/h5-11,14H,4,12H2,1-3H3,(H,24,28)/t14-/m1/s1. The third-order valence-electron chi connectivity index (χ3n) is 4.44. The lowest BCUT2D eigenvalue weighted by Crippen LogP contribution is -2.16. The first-order valence-electron chi connectivity index (χ1n) is 9.42. The van der Waals surface area contributed by atoms with Crippen molar-refractivity contribution in [2.24, 2.45) is 0 Å². The summed E-state index contributed by atoms with van der Waals surface area (Å²) in [6.07, 6.45) is -0.352. The highest BCUT2D eigenvalue weighted by Crippen LogP contribution is 2.29. The number of benzene rings is 2. The Labute approximate surface area is 189 Å². The summed E-state index contributed by atoms with van der Waals surface area (Å²) in [4.78, 5) is 12.4. The fraction of sp³-hybridized carbons (Fsp3) is 0.286. The SMILES string of the molecule is CCn1c(SCC(=O)Nc2cccc(Cl)c2C)nnc1[C@@H](C)Oc1ccccc1Cl. The minimum absolute atomic E-state index is 0.141. The van der Waals surface area contributed by atoms with Crippen molar-refractivity contribution < 1.29 is 9.53 Å². The predicted octanol–water partition coefficient (Wildman–Crippen LogP) is 5.78. The Balaban J connectivity index is 1.66. The Morgan fingerprint density at radius 1 is 1.17 bits per heavy atom. The van der Waals surface area contributed by atoms with Gasteiger partial charge in [0, 0.05) is 17.3 Å². The average Bonchev–Trinajstić information content (AvgIpc) is 3.14. The molecule has 0 aliphatic carbocycles. The molecule has 0 fully saturated rings. The molecule has 0 unspecified atom stereocenters. The van der Waals surface area contributed by atoms with Crippen LogP contribution in [0.2, 0.25) is 10.0 Å². The van der Waals surface area contributed by atoms with E-state index in [0.29, 0.717) is 39.0 Å². The quantitative estimate of drug-likeness (QED) is 0.427. The van der Waals surface area contributed by atoms with Crippen LogP contribution in [0, 0.1) is 6.92 Å². The Morgan fingerprint density at radius 2 is 1.90 bits per heavy atom. The first kappa shape index (κ1) is 22.5. The molecule has 6 nitrogen and oxygen atoms in total. The lowest BCUT2D eigenvalue weighted by atomic mass is 10.2. The number of carbonyl (C=O) groups is 1. The van der Waals surface area contributed by atoms with E-state index in [1.165, 1.54) is 11.8 Å². The molecule has 3 rings (SSSR count). The van der Waals surface area contributed by atoms with Crippen LogP contribution in [0.1, 0.15) is 31.3 Å². The fourth-order valence-electron chi connectivity index (χ4n) is 2.85. The number of hydrogen-bond donors (Lipinski definition) is 1. The summed E-state index contributed by atoms with van der Waals surface area (Å²) in [5.41, 5.74) is 1.54. The zero-order valence-electron chi connectivity index (χ0n) is 16.9. The van der Waals surface area contributed by atoms with Crippen molar-refractivity contribution in [1.82, 2.24) is 14.8 Å². The van der Waals surface area contributed by atoms with Crippen molar-refractivity contribution in [2.45, 2.75) is 38.6 Å². The van der Waals surface area contributed by atoms with Gasteiger partial charge in [-0.05, 0) is 50.6 Å². The molecule has 9 heteroatoms. The van der Waals surface area contributed by atoms with Crippen LogP contribution >= 0.6 is 35.0 Å². The zero-order chi connectivity index (χ0) is 21.7. The number of halogens is 2. The molecular formula is C21H22Cl2N4O2S. The maximum absolute atomic E-state index is 12.4. The van der Waals surface area contributed by atoms with Gasteiger partial charge in [0.25, 0.3) is 0 Å². The highest BCUT2D eigenvalue weighted by atomic mass is 35.5. The summed E-state index contributed by atoms with van der Waals surface area (Å²) in [5, 5.41) is 13.2. The van der Waals surface area contributed by atoms with Crippen molar-refractivity contribution >= 4 is 46.6 Å². The second-order valence-corrected chi connectivity index (χ2v) is 8.28. The van der Waals surface area contributed by atoms with Gasteiger partial charge in [-0.25, -0.2) is 0 Å². The van der Waals surface area contributed by atoms with Gasteiger partial charge in [0.1, 0.15) is 5.75 Å². The fourth-order valence-corrected chi connectivity index (χ4v) is 4.01. The van der Waals surface area contributed by atoms with Crippen LogP contribution in [-0.4, -0.2) is 26.4 Å². The molecule has 1 aromatic heterocycles. The van der Waals surface area contributed by atoms with E-state index in [1.807, 2.05) is 49.6 Å². The van der Waals surface area contributed by atoms with Gasteiger partial charge in [-0.2, -0.15) is 0 Å². The molecule has 158 valence electrons. The van der Waals surface area contributed by atoms with Crippen LogP contribution in [0.5, 0.6) is 5.75 Å². The van der Waals surface area contributed by atoms with E-state index in [1.54, 1.807) is 18.2 Å². The van der Waals surface area contributed by atoms with Crippen LogP contribution in [-0.2, 0) is 11.3 Å². The molecule has 30 heavy (non-hydrogen) atoms. The topological polar surface area (TPSA) is 69.0 Å². The van der Waals surface area contributed by atoms with E-state index in [9.17, 15) is 4.79 Å². The van der Waals surface area contributed by atoms with Gasteiger partial charge in [0.2, 0.25) is 5.91 Å². The van der Waals surface area contributed by atoms with Crippen molar-refractivity contribution in [3.05, 3.63) is 63.9 Å². The van der Waals surface area contributed by atoms with Crippen LogP contribution in [0.25, 0.3) is 0 Å². The van der Waals surface area contributed by atoms with Gasteiger partial charge in [0.05, 0.1) is 10.8 Å². The van der Waals surface area contributed by atoms with Gasteiger partial charge < -0.3 is 14.6 Å². The number of nitrogens with zero attached hydrogens (tertiary/aromatic N) is 3. The summed E-state index contributed by atoms with van der Waals surface area (Å²) in [6, 6.07) is 12.7. The van der Waals surface area contributed by atoms with E-state index >= 15 is 0 Å². The van der Waals surface area contributed by atoms with Gasteiger partial charge >= 0.3 is 0 Å². The minimum Gasteiger partial charge on any atom is -0.481 e. The molecule has 1 heterocycles. The first-order chi connectivity index (χ1) is 14.4. The Kier molecular flexibility index (Phi) is 7.64. The number of rotatable bonds is 8. The first-order valence-corrected chi connectivity index (χ1v) is 11.2. The molecule has 0 spiro atoms. The molecule has 1 amide bonds. The number of hydrogen-bond acceptors (Lipinski definition) is 5. The van der Waals surface area contributed by atoms with E-state index < -0.39 is 0 Å². The largest absolute Gasteiger partial charge is 0.481 e. The second kappa shape index (κ2) is 10.2. The molecule has 3 aromatic rings. The second-order valence-electron chi connectivity index (χ2n) is 6.52. The monoisotopic (exact) mass is 464 g/mol. The highest BCUT2D eigenvalue weighted by molar-refractivity contribution is 7.99. The van der Waals surface area contributed by atoms with E-state index in [0.717, 1.165) is 5.56 Å². The molecule has 0 bridgehead atoms. The number of aromatic nitrogens is 3. The number of amides is 1. The van der Waals surface area contributed by atoms with Crippen molar-refractivity contribution in [2.75, 3.05) is 11.1 Å². The number of thioether (sulfide) groups is 1. The van der Waals surface area contributed by atoms with Crippen molar-refractivity contribution in [3.8, 4) is 5.75 Å². The molecule has 0 saturated heterocycles. The van der Waals surface area contributed by atoms with Gasteiger partial charge in [-0.1, -0.05) is 53.2 Å². The lowest BCUT2D eigenvalue weighted by molar-refractivity contribution is -0.113. The Bertz CT molecular complexity index is 1040. The van der Waals surface area contributed by atoms with Crippen LogP contribution in [0.15, 0.2) is 47.6 Å². The van der Waals surface area contributed by atoms with E-state index in [2.05, 4.69) is 15.5 Å². The van der Waals surface area contributed by atoms with Gasteiger partial charge in [-0.15, -0.1) is 10.2 Å². The van der Waals surface area contributed by atoms with E-state index in [-0.39, 0.29) is 17.8 Å². The third kappa shape index (κ3) is 5.28. The number of nitrogens with one attached hydrogen (secondary N) is 1. The maximum Gasteiger partial charge on any atom is 0.234 e. The Morgan fingerprint density at radius 3 is 2.63 bits per heavy atom. The molecular weight excluding hydrogens is 443 g/mol. The average molecular weight is 465 g/mol. The highest BCUT2D eigenvalue weighted by Gasteiger charge is 2.20. The number of anilines is 1. The molecule has 1 atom stereocenters. The minimum atomic E-state index is -0.352. The van der Waals surface area contributed by atoms with Crippen molar-refractivity contribution in [3.63, 3.8) is 0 Å². The number of ether oxygens (including phenoxy) is 1. The summed E-state index contributed by atoms with van der Waals surface area (Å²) < 4.78 is 7.89. The predicted molar refractivity (Wildman–Crippen MR) is 122 cm³/mol. The molecule has 2 aromatic carbocycles. The summed E-state index contributed by atoms with van der Waals surface area (Å²) in [7, 11) is 0. The normalized spacial score (nSPS) is 11.9. The Hall–Kier alpha value is -2.22. The summed E-state index contributed by atoms with van der Waals surface area (Å²) in [5.74, 6) is 1.32. The summed E-state index contributed by atoms with van der Waals surface area (Å²) in [6.45, 7) is 6.40. The van der Waals surface area contributed by atoms with Gasteiger partial charge in [0.15, 0.2) is 17.1 Å².